The molecule has 2 heterocycles. The van der Waals surface area contributed by atoms with Crippen molar-refractivity contribution in [3.05, 3.63) is 101 Å². The Labute approximate surface area is 160 Å². The number of hydrogen-bond donors (Lipinski definition) is 1. The summed E-state index contributed by atoms with van der Waals surface area (Å²) in [6.45, 7) is 0. The van der Waals surface area contributed by atoms with Crippen LogP contribution in [0.2, 0.25) is 10.0 Å². The van der Waals surface area contributed by atoms with Crippen LogP contribution in [-0.2, 0) is 0 Å². The van der Waals surface area contributed by atoms with Crippen molar-refractivity contribution in [1.29, 1.82) is 0 Å². The van der Waals surface area contributed by atoms with Crippen LogP contribution in [0.1, 0.15) is 15.9 Å². The van der Waals surface area contributed by atoms with Gasteiger partial charge in [-0.3, -0.25) is 4.79 Å². The maximum absolute atomic E-state index is 12.9. The van der Waals surface area contributed by atoms with Crippen LogP contribution in [-0.4, -0.2) is 15.3 Å². The fourth-order valence-electron chi connectivity index (χ4n) is 2.93. The number of rotatable bonds is 4. The van der Waals surface area contributed by atoms with Crippen molar-refractivity contribution < 1.29 is 4.79 Å². The summed E-state index contributed by atoms with van der Waals surface area (Å²) in [6.07, 6.45) is 7.50. The Bertz CT molecular complexity index is 1060. The van der Waals surface area contributed by atoms with E-state index in [4.69, 9.17) is 23.2 Å². The van der Waals surface area contributed by atoms with E-state index >= 15 is 0 Å². The van der Waals surface area contributed by atoms with Crippen molar-refractivity contribution in [3.63, 3.8) is 0 Å². The minimum atomic E-state index is -0.141. The third-order valence-electron chi connectivity index (χ3n) is 4.25. The molecule has 0 atom stereocenters. The van der Waals surface area contributed by atoms with Crippen molar-refractivity contribution in [3.8, 4) is 16.8 Å². The van der Waals surface area contributed by atoms with Crippen LogP contribution in [0.5, 0.6) is 0 Å². The van der Waals surface area contributed by atoms with Crippen molar-refractivity contribution >= 4 is 29.0 Å². The smallest absolute Gasteiger partial charge is 0.196 e. The third kappa shape index (κ3) is 3.07. The predicted molar refractivity (Wildman–Crippen MR) is 105 cm³/mol. The van der Waals surface area contributed by atoms with E-state index in [2.05, 4.69) is 4.98 Å². The second-order valence-electron chi connectivity index (χ2n) is 5.87. The molecule has 0 fully saturated rings. The Morgan fingerprint density at radius 2 is 1.62 bits per heavy atom. The molecule has 128 valence electrons. The first-order valence-corrected chi connectivity index (χ1v) is 8.79. The summed E-state index contributed by atoms with van der Waals surface area (Å²) in [7, 11) is 0. The lowest BCUT2D eigenvalue weighted by atomic mass is 9.98. The number of benzene rings is 2. The third-order valence-corrected chi connectivity index (χ3v) is 4.79. The van der Waals surface area contributed by atoms with Gasteiger partial charge in [-0.05, 0) is 48.0 Å². The lowest BCUT2D eigenvalue weighted by Crippen LogP contribution is -2.02. The van der Waals surface area contributed by atoms with E-state index in [0.29, 0.717) is 21.2 Å². The maximum Gasteiger partial charge on any atom is 0.196 e. The number of ketones is 1. The van der Waals surface area contributed by atoms with Gasteiger partial charge >= 0.3 is 0 Å². The van der Waals surface area contributed by atoms with Gasteiger partial charge in [-0.15, -0.1) is 0 Å². The topological polar surface area (TPSA) is 37.8 Å². The Hall–Kier alpha value is -2.75. The molecule has 1 N–H and O–H groups in total. The molecule has 2 aromatic heterocycles. The monoisotopic (exact) mass is 380 g/mol. The number of carbonyl (C=O) groups is 1. The highest BCUT2D eigenvalue weighted by molar-refractivity contribution is 6.37. The minimum Gasteiger partial charge on any atom is -0.366 e. The van der Waals surface area contributed by atoms with Crippen LogP contribution in [0.15, 0.2) is 79.4 Å². The molecule has 0 bridgehead atoms. The largest absolute Gasteiger partial charge is 0.366 e. The molecule has 26 heavy (non-hydrogen) atoms. The Morgan fingerprint density at radius 3 is 2.31 bits per heavy atom. The van der Waals surface area contributed by atoms with E-state index in [1.807, 2.05) is 59.6 Å². The average molecular weight is 381 g/mol. The predicted octanol–water partition coefficient (Wildman–Crippen LogP) is 6.01. The van der Waals surface area contributed by atoms with E-state index < -0.39 is 0 Å². The van der Waals surface area contributed by atoms with E-state index in [1.54, 1.807) is 24.4 Å². The van der Waals surface area contributed by atoms with Gasteiger partial charge in [-0.1, -0.05) is 35.3 Å². The zero-order chi connectivity index (χ0) is 18.1. The van der Waals surface area contributed by atoms with Crippen molar-refractivity contribution in [2.45, 2.75) is 0 Å². The summed E-state index contributed by atoms with van der Waals surface area (Å²) in [5.74, 6) is -0.141. The highest BCUT2D eigenvalue weighted by atomic mass is 35.5. The number of hydrogen-bond acceptors (Lipinski definition) is 1. The second-order valence-corrected chi connectivity index (χ2v) is 6.72. The van der Waals surface area contributed by atoms with Gasteiger partial charge in [-0.25, -0.2) is 0 Å². The van der Waals surface area contributed by atoms with Gasteiger partial charge in [0.15, 0.2) is 5.78 Å². The number of nitrogens with one attached hydrogen (secondary N) is 1. The van der Waals surface area contributed by atoms with E-state index in [-0.39, 0.29) is 5.78 Å². The lowest BCUT2D eigenvalue weighted by molar-refractivity contribution is 0.103. The number of H-pyrrole nitrogens is 1. The van der Waals surface area contributed by atoms with Crippen LogP contribution in [0, 0.1) is 0 Å². The molecule has 4 rings (SSSR count). The first-order valence-electron chi connectivity index (χ1n) is 8.04. The van der Waals surface area contributed by atoms with Gasteiger partial charge in [-0.2, -0.15) is 0 Å². The van der Waals surface area contributed by atoms with Gasteiger partial charge < -0.3 is 9.55 Å². The molecule has 0 radical (unpaired) electrons. The fraction of sp³-hybridized carbons (Fsp3) is 0. The van der Waals surface area contributed by atoms with Crippen LogP contribution in [0.25, 0.3) is 16.8 Å². The molecule has 3 nitrogen and oxygen atoms in total. The number of aromatic amines is 1. The Balaban J connectivity index is 1.69. The summed E-state index contributed by atoms with van der Waals surface area (Å²) in [5.41, 5.74) is 3.85. The highest BCUT2D eigenvalue weighted by Crippen LogP contribution is 2.29. The van der Waals surface area contributed by atoms with Gasteiger partial charge in [0.1, 0.15) is 0 Å². The summed E-state index contributed by atoms with van der Waals surface area (Å²) in [4.78, 5) is 16.0. The van der Waals surface area contributed by atoms with Crippen LogP contribution in [0.4, 0.5) is 0 Å². The van der Waals surface area contributed by atoms with Crippen LogP contribution < -0.4 is 0 Å². The number of nitrogens with zero attached hydrogens (tertiary/aromatic N) is 1. The van der Waals surface area contributed by atoms with E-state index in [1.165, 1.54) is 0 Å². The lowest BCUT2D eigenvalue weighted by Gasteiger charge is -2.08. The summed E-state index contributed by atoms with van der Waals surface area (Å²) in [6, 6.07) is 16.9. The Kier molecular flexibility index (Phi) is 4.41. The maximum atomic E-state index is 12.9. The van der Waals surface area contributed by atoms with Crippen molar-refractivity contribution in [2.75, 3.05) is 0 Å². The van der Waals surface area contributed by atoms with Crippen molar-refractivity contribution in [2.24, 2.45) is 0 Å². The minimum absolute atomic E-state index is 0.141. The zero-order valence-corrected chi connectivity index (χ0v) is 15.1. The molecular formula is C21H14Cl2N2O. The average Bonchev–Trinajstić information content (AvgIpc) is 3.33. The van der Waals surface area contributed by atoms with Gasteiger partial charge in [0.05, 0.1) is 5.02 Å². The number of aromatic nitrogens is 2. The van der Waals surface area contributed by atoms with Crippen LogP contribution in [0.3, 0.4) is 0 Å². The molecule has 0 aliphatic heterocycles. The summed E-state index contributed by atoms with van der Waals surface area (Å²) < 4.78 is 2.03. The standard InChI is InChI=1S/C21H14Cl2N2O/c22-15-5-8-17(20(23)11-15)21(26)19-13-24-12-18(19)14-3-6-16(7-4-14)25-9-1-2-10-25/h1-13,24H. The SMILES string of the molecule is O=C(c1ccc(Cl)cc1Cl)c1c[nH]cc1-c1ccc(-n2cccc2)cc1. The molecule has 2 aromatic carbocycles. The molecular weight excluding hydrogens is 367 g/mol. The summed E-state index contributed by atoms with van der Waals surface area (Å²) in [5, 5.41) is 0.846. The molecule has 0 spiro atoms. The van der Waals surface area contributed by atoms with Gasteiger partial charge in [0.2, 0.25) is 0 Å². The van der Waals surface area contributed by atoms with Crippen LogP contribution >= 0.6 is 23.2 Å². The second kappa shape index (κ2) is 6.87. The quantitative estimate of drug-likeness (QED) is 0.432. The Morgan fingerprint density at radius 1 is 0.885 bits per heavy atom. The molecule has 5 heteroatoms. The summed E-state index contributed by atoms with van der Waals surface area (Å²) >= 11 is 12.1. The first kappa shape index (κ1) is 16.7. The number of halogens is 2. The van der Waals surface area contributed by atoms with Crippen molar-refractivity contribution in [1.82, 2.24) is 9.55 Å². The molecule has 0 saturated heterocycles. The normalized spacial score (nSPS) is 10.8. The van der Waals surface area contributed by atoms with E-state index in [9.17, 15) is 4.79 Å². The molecule has 0 unspecified atom stereocenters. The zero-order valence-electron chi connectivity index (χ0n) is 13.6. The number of carbonyl (C=O) groups excluding carboxylic acids is 1. The molecule has 0 amide bonds. The van der Waals surface area contributed by atoms with Gasteiger partial charge in [0.25, 0.3) is 0 Å². The molecule has 4 aromatic rings. The molecule has 0 saturated carbocycles. The first-order chi connectivity index (χ1) is 12.6. The fourth-order valence-corrected chi connectivity index (χ4v) is 3.42. The molecule has 0 aliphatic carbocycles. The highest BCUT2D eigenvalue weighted by Gasteiger charge is 2.18. The van der Waals surface area contributed by atoms with Gasteiger partial charge in [0, 0.05) is 52.2 Å². The molecule has 0 aliphatic rings. The van der Waals surface area contributed by atoms with E-state index in [0.717, 1.165) is 16.8 Å².